The highest BCUT2D eigenvalue weighted by atomic mass is 16.6. The fourth-order valence-corrected chi connectivity index (χ4v) is 8.18. The number of rotatable bonds is 5. The number of benzene rings is 1. The number of amides is 1. The number of hydrogen-bond acceptors (Lipinski definition) is 4. The first-order chi connectivity index (χ1) is 17.2. The molecule has 0 spiro atoms. The molecule has 5 rings (SSSR count). The fourth-order valence-electron chi connectivity index (χ4n) is 8.18. The SMILES string of the molecule is C#C[C@]1(O)CC[C@H]2[C@@H]3CCC4=C/C(=N\OCC(=O)N[C@@H](C)c5ccccc5)CC[C@]4(C)[C@H]3CC[C@@]21C. The molecule has 7 atom stereocenters. The molecule has 192 valence electrons. The van der Waals surface area contributed by atoms with Gasteiger partial charge in [-0.15, -0.1) is 6.42 Å². The van der Waals surface area contributed by atoms with E-state index in [0.717, 1.165) is 62.6 Å². The molecule has 1 aromatic carbocycles. The molecule has 4 aliphatic carbocycles. The van der Waals surface area contributed by atoms with Gasteiger partial charge in [0.15, 0.2) is 6.61 Å². The maximum Gasteiger partial charge on any atom is 0.261 e. The minimum Gasteiger partial charge on any atom is -0.385 e. The lowest BCUT2D eigenvalue weighted by Crippen LogP contribution is -2.54. The van der Waals surface area contributed by atoms with E-state index in [4.69, 9.17) is 11.3 Å². The number of oxime groups is 1. The molecule has 0 bridgehead atoms. The molecule has 4 aliphatic rings. The van der Waals surface area contributed by atoms with E-state index >= 15 is 0 Å². The molecule has 1 amide bonds. The van der Waals surface area contributed by atoms with Crippen LogP contribution in [-0.2, 0) is 9.63 Å². The van der Waals surface area contributed by atoms with Gasteiger partial charge in [-0.3, -0.25) is 4.79 Å². The Morgan fingerprint density at radius 1 is 1.17 bits per heavy atom. The molecule has 0 radical (unpaired) electrons. The number of allylic oxidation sites excluding steroid dienone is 2. The molecule has 1 aromatic rings. The first-order valence-corrected chi connectivity index (χ1v) is 13.6. The predicted molar refractivity (Wildman–Crippen MR) is 142 cm³/mol. The molecular formula is C31H40N2O3. The summed E-state index contributed by atoms with van der Waals surface area (Å²) < 4.78 is 0. The van der Waals surface area contributed by atoms with E-state index < -0.39 is 5.60 Å². The number of aliphatic hydroxyl groups is 1. The van der Waals surface area contributed by atoms with Crippen molar-refractivity contribution in [3.63, 3.8) is 0 Å². The van der Waals surface area contributed by atoms with Crippen molar-refractivity contribution in [3.05, 3.63) is 47.5 Å². The Hall–Kier alpha value is -2.58. The van der Waals surface area contributed by atoms with E-state index in [9.17, 15) is 9.90 Å². The summed E-state index contributed by atoms with van der Waals surface area (Å²) in [6.07, 6.45) is 16.1. The molecular weight excluding hydrogens is 448 g/mol. The highest BCUT2D eigenvalue weighted by Gasteiger charge is 2.63. The van der Waals surface area contributed by atoms with E-state index in [2.05, 4.69) is 36.3 Å². The molecule has 36 heavy (non-hydrogen) atoms. The third kappa shape index (κ3) is 4.08. The van der Waals surface area contributed by atoms with Crippen molar-refractivity contribution in [1.82, 2.24) is 5.32 Å². The van der Waals surface area contributed by atoms with Crippen LogP contribution in [0.4, 0.5) is 0 Å². The normalized spacial score (nSPS) is 39.1. The summed E-state index contributed by atoms with van der Waals surface area (Å²) in [6.45, 7) is 6.57. The average Bonchev–Trinajstić information content (AvgIpc) is 3.15. The molecule has 0 unspecified atom stereocenters. The molecule has 0 heterocycles. The summed E-state index contributed by atoms with van der Waals surface area (Å²) in [7, 11) is 0. The average molecular weight is 489 g/mol. The van der Waals surface area contributed by atoms with Crippen molar-refractivity contribution in [1.29, 1.82) is 0 Å². The third-order valence-corrected chi connectivity index (χ3v) is 10.4. The van der Waals surface area contributed by atoms with Crippen LogP contribution in [0.5, 0.6) is 0 Å². The zero-order valence-electron chi connectivity index (χ0n) is 21.9. The highest BCUT2D eigenvalue weighted by molar-refractivity contribution is 5.96. The van der Waals surface area contributed by atoms with Crippen molar-refractivity contribution in [2.24, 2.45) is 33.7 Å². The molecule has 0 aliphatic heterocycles. The first kappa shape index (κ1) is 25.1. The highest BCUT2D eigenvalue weighted by Crippen LogP contribution is 2.67. The van der Waals surface area contributed by atoms with Gasteiger partial charge in [-0.05, 0) is 93.1 Å². The Morgan fingerprint density at radius 2 is 1.92 bits per heavy atom. The zero-order chi connectivity index (χ0) is 25.6. The van der Waals surface area contributed by atoms with Crippen LogP contribution >= 0.6 is 0 Å². The van der Waals surface area contributed by atoms with Crippen LogP contribution in [0.1, 0.15) is 83.7 Å². The molecule has 5 nitrogen and oxygen atoms in total. The van der Waals surface area contributed by atoms with E-state index in [1.165, 1.54) is 5.57 Å². The Labute approximate surface area is 215 Å². The maximum absolute atomic E-state index is 12.3. The zero-order valence-corrected chi connectivity index (χ0v) is 21.9. The minimum absolute atomic E-state index is 0.0727. The fraction of sp³-hybridized carbons (Fsp3) is 0.613. The number of nitrogens with one attached hydrogen (secondary N) is 1. The minimum atomic E-state index is -0.950. The van der Waals surface area contributed by atoms with Gasteiger partial charge in [-0.2, -0.15) is 0 Å². The molecule has 3 saturated carbocycles. The number of nitrogens with zero attached hydrogens (tertiary/aromatic N) is 1. The molecule has 0 saturated heterocycles. The van der Waals surface area contributed by atoms with Gasteiger partial charge in [0.2, 0.25) is 0 Å². The summed E-state index contributed by atoms with van der Waals surface area (Å²) in [4.78, 5) is 17.8. The lowest BCUT2D eigenvalue weighted by molar-refractivity contribution is -0.126. The van der Waals surface area contributed by atoms with Crippen LogP contribution in [0.2, 0.25) is 0 Å². The van der Waals surface area contributed by atoms with Crippen molar-refractivity contribution in [3.8, 4) is 12.3 Å². The lowest BCUT2D eigenvalue weighted by atomic mass is 9.46. The molecule has 3 fully saturated rings. The second kappa shape index (κ2) is 9.38. The van der Waals surface area contributed by atoms with Gasteiger partial charge in [-0.1, -0.05) is 60.8 Å². The van der Waals surface area contributed by atoms with Gasteiger partial charge in [0, 0.05) is 5.41 Å². The summed E-state index contributed by atoms with van der Waals surface area (Å²) >= 11 is 0. The maximum atomic E-state index is 12.3. The monoisotopic (exact) mass is 488 g/mol. The van der Waals surface area contributed by atoms with Crippen LogP contribution in [0.15, 0.2) is 47.1 Å². The smallest absolute Gasteiger partial charge is 0.261 e. The third-order valence-electron chi connectivity index (χ3n) is 10.4. The Kier molecular flexibility index (Phi) is 6.53. The second-order valence-electron chi connectivity index (χ2n) is 12.1. The Balaban J connectivity index is 1.21. The summed E-state index contributed by atoms with van der Waals surface area (Å²) in [5.41, 5.74) is 2.54. The van der Waals surface area contributed by atoms with Crippen molar-refractivity contribution in [2.45, 2.75) is 83.8 Å². The Bertz CT molecular complexity index is 1100. The number of hydrogen-bond donors (Lipinski definition) is 2. The van der Waals surface area contributed by atoms with Gasteiger partial charge in [0.05, 0.1) is 11.8 Å². The van der Waals surface area contributed by atoms with E-state index in [1.807, 2.05) is 37.3 Å². The van der Waals surface area contributed by atoms with Crippen LogP contribution < -0.4 is 5.32 Å². The Morgan fingerprint density at radius 3 is 2.67 bits per heavy atom. The molecule has 2 N–H and O–H groups in total. The first-order valence-electron chi connectivity index (χ1n) is 13.6. The van der Waals surface area contributed by atoms with Gasteiger partial charge < -0.3 is 15.3 Å². The van der Waals surface area contributed by atoms with Crippen molar-refractivity contribution < 1.29 is 14.7 Å². The second-order valence-corrected chi connectivity index (χ2v) is 12.1. The van der Waals surface area contributed by atoms with Crippen molar-refractivity contribution >= 4 is 11.6 Å². The molecule has 0 aromatic heterocycles. The van der Waals surface area contributed by atoms with E-state index in [-0.39, 0.29) is 29.4 Å². The van der Waals surface area contributed by atoms with Gasteiger partial charge in [0.1, 0.15) is 5.60 Å². The standard InChI is InChI=1S/C31H40N2O3/c1-5-31(35)18-15-27-25-12-11-23-19-24(13-16-29(23,3)26(25)14-17-30(27,31)4)33-36-20-28(34)32-21(2)22-9-7-6-8-10-22/h1,6-10,19,21,25-27,35H,11-18,20H2,2-4H3,(H,32,34)/b33-24-/t21-,25+,26-,27-,29-,30-,31-/m0/s1. The van der Waals surface area contributed by atoms with Crippen LogP contribution in [0, 0.1) is 40.9 Å². The molecule has 5 heteroatoms. The van der Waals surface area contributed by atoms with Gasteiger partial charge in [0.25, 0.3) is 5.91 Å². The van der Waals surface area contributed by atoms with Crippen LogP contribution in [-0.4, -0.2) is 28.9 Å². The number of carbonyl (C=O) groups is 1. The topological polar surface area (TPSA) is 70.9 Å². The van der Waals surface area contributed by atoms with Crippen LogP contribution in [0.25, 0.3) is 0 Å². The number of terminal acetylenes is 1. The largest absolute Gasteiger partial charge is 0.385 e. The quantitative estimate of drug-likeness (QED) is 0.421. The van der Waals surface area contributed by atoms with E-state index in [1.54, 1.807) is 0 Å². The van der Waals surface area contributed by atoms with Gasteiger partial charge >= 0.3 is 0 Å². The van der Waals surface area contributed by atoms with Crippen molar-refractivity contribution in [2.75, 3.05) is 6.61 Å². The number of carbonyl (C=O) groups excluding carboxylic acids is 1. The summed E-state index contributed by atoms with van der Waals surface area (Å²) in [5.74, 6) is 4.37. The lowest BCUT2D eigenvalue weighted by Gasteiger charge is -2.58. The number of fused-ring (bicyclic) bond motifs is 5. The predicted octanol–water partition coefficient (Wildman–Crippen LogP) is 5.56. The van der Waals surface area contributed by atoms with Crippen LogP contribution in [0.3, 0.4) is 0 Å². The van der Waals surface area contributed by atoms with E-state index in [0.29, 0.717) is 17.8 Å². The summed E-state index contributed by atoms with van der Waals surface area (Å²) in [5, 5.41) is 18.5. The van der Waals surface area contributed by atoms with Gasteiger partial charge in [-0.25, -0.2) is 0 Å². The summed E-state index contributed by atoms with van der Waals surface area (Å²) in [6, 6.07) is 9.83.